The number of nitriles is 1. The molecular weight excluding hydrogens is 360 g/mol. The number of para-hydroxylation sites is 1. The van der Waals surface area contributed by atoms with Crippen molar-refractivity contribution in [3.63, 3.8) is 0 Å². The van der Waals surface area contributed by atoms with Gasteiger partial charge in [0.1, 0.15) is 16.7 Å². The van der Waals surface area contributed by atoms with Crippen LogP contribution < -0.4 is 4.74 Å². The van der Waals surface area contributed by atoms with E-state index in [0.717, 1.165) is 6.08 Å². The van der Waals surface area contributed by atoms with Crippen LogP contribution in [0.15, 0.2) is 58.3 Å². The average Bonchev–Trinajstić information content (AvgIpc) is 2.53. The Bertz CT molecular complexity index is 904. The molecular formula is C16H10ClF2NO3S. The van der Waals surface area contributed by atoms with E-state index in [2.05, 4.69) is 4.74 Å². The summed E-state index contributed by atoms with van der Waals surface area (Å²) >= 11 is 5.71. The van der Waals surface area contributed by atoms with E-state index in [1.54, 1.807) is 6.07 Å². The van der Waals surface area contributed by atoms with Crippen molar-refractivity contribution in [2.24, 2.45) is 0 Å². The summed E-state index contributed by atoms with van der Waals surface area (Å²) in [7, 11) is -4.11. The number of hydrogen-bond acceptors (Lipinski definition) is 4. The normalized spacial score (nSPS) is 12.0. The van der Waals surface area contributed by atoms with Crippen LogP contribution in [0.25, 0.3) is 6.08 Å². The Balaban J connectivity index is 2.51. The minimum absolute atomic E-state index is 0.0480. The van der Waals surface area contributed by atoms with Gasteiger partial charge in [-0.25, -0.2) is 8.42 Å². The van der Waals surface area contributed by atoms with Gasteiger partial charge in [0.15, 0.2) is 0 Å². The first kappa shape index (κ1) is 17.9. The number of allylic oxidation sites excluding steroid dienone is 1. The number of hydrogen-bond donors (Lipinski definition) is 0. The lowest BCUT2D eigenvalue weighted by atomic mass is 10.2. The van der Waals surface area contributed by atoms with Crippen molar-refractivity contribution in [1.82, 2.24) is 0 Å². The Morgan fingerprint density at radius 3 is 2.38 bits per heavy atom. The van der Waals surface area contributed by atoms with Gasteiger partial charge >= 0.3 is 6.61 Å². The second-order valence-corrected chi connectivity index (χ2v) is 6.85. The lowest BCUT2D eigenvalue weighted by Crippen LogP contribution is -2.05. The monoisotopic (exact) mass is 369 g/mol. The molecule has 0 unspecified atom stereocenters. The predicted molar refractivity (Wildman–Crippen MR) is 85.3 cm³/mol. The van der Waals surface area contributed by atoms with E-state index >= 15 is 0 Å². The maximum atomic E-state index is 12.5. The summed E-state index contributed by atoms with van der Waals surface area (Å²) in [5.74, 6) is -0.230. The maximum Gasteiger partial charge on any atom is 0.387 e. The molecule has 0 spiro atoms. The van der Waals surface area contributed by atoms with E-state index in [0.29, 0.717) is 5.02 Å². The third-order valence-corrected chi connectivity index (χ3v) is 4.88. The Kier molecular flexibility index (Phi) is 5.54. The number of nitrogens with zero attached hydrogens (tertiary/aromatic N) is 1. The summed E-state index contributed by atoms with van der Waals surface area (Å²) < 4.78 is 54.1. The van der Waals surface area contributed by atoms with Crippen LogP contribution in [0, 0.1) is 11.3 Å². The number of rotatable bonds is 5. The van der Waals surface area contributed by atoms with Gasteiger partial charge in [0.2, 0.25) is 9.84 Å². The third-order valence-electron chi connectivity index (χ3n) is 2.95. The average molecular weight is 370 g/mol. The fraction of sp³-hybridized carbons (Fsp3) is 0.0625. The van der Waals surface area contributed by atoms with Crippen molar-refractivity contribution < 1.29 is 21.9 Å². The number of ether oxygens (including phenoxy) is 1. The van der Waals surface area contributed by atoms with Crippen LogP contribution in [0.1, 0.15) is 5.56 Å². The van der Waals surface area contributed by atoms with E-state index in [-0.39, 0.29) is 16.2 Å². The van der Waals surface area contributed by atoms with Crippen molar-refractivity contribution in [3.8, 4) is 11.8 Å². The maximum absolute atomic E-state index is 12.5. The summed E-state index contributed by atoms with van der Waals surface area (Å²) in [6.07, 6.45) is 0.988. The molecule has 8 heteroatoms. The van der Waals surface area contributed by atoms with Gasteiger partial charge in [0.25, 0.3) is 0 Å². The van der Waals surface area contributed by atoms with Gasteiger partial charge in [-0.2, -0.15) is 14.0 Å². The fourth-order valence-corrected chi connectivity index (χ4v) is 3.13. The number of alkyl halides is 2. The van der Waals surface area contributed by atoms with Crippen LogP contribution in [0.5, 0.6) is 5.75 Å². The highest BCUT2D eigenvalue weighted by Crippen LogP contribution is 2.27. The van der Waals surface area contributed by atoms with Crippen LogP contribution in [0.4, 0.5) is 8.78 Å². The molecule has 0 amide bonds. The highest BCUT2D eigenvalue weighted by Gasteiger charge is 2.21. The molecule has 2 aromatic rings. The molecule has 0 aromatic heterocycles. The standard InChI is InChI=1S/C16H10ClF2NO3S/c17-12-5-7-13(8-6-12)24(21,22)14(10-20)9-11-3-1-2-4-15(11)23-16(18)19/h1-9,16H. The molecule has 0 atom stereocenters. The molecule has 0 aliphatic carbocycles. The van der Waals surface area contributed by atoms with E-state index in [4.69, 9.17) is 11.6 Å². The van der Waals surface area contributed by atoms with Gasteiger partial charge in [-0.15, -0.1) is 0 Å². The molecule has 0 aliphatic heterocycles. The van der Waals surface area contributed by atoms with Crippen molar-refractivity contribution >= 4 is 27.5 Å². The first-order valence-electron chi connectivity index (χ1n) is 6.51. The Hall–Kier alpha value is -2.43. The summed E-state index contributed by atoms with van der Waals surface area (Å²) in [5, 5.41) is 9.54. The molecule has 24 heavy (non-hydrogen) atoms. The first-order chi connectivity index (χ1) is 11.3. The number of benzene rings is 2. The zero-order chi connectivity index (χ0) is 17.7. The van der Waals surface area contributed by atoms with E-state index in [1.165, 1.54) is 48.5 Å². The third kappa shape index (κ3) is 4.10. The van der Waals surface area contributed by atoms with E-state index in [9.17, 15) is 22.5 Å². The smallest absolute Gasteiger partial charge is 0.387 e. The molecule has 0 N–H and O–H groups in total. The Morgan fingerprint density at radius 2 is 1.79 bits per heavy atom. The summed E-state index contributed by atoms with van der Waals surface area (Å²) in [4.78, 5) is -0.734. The number of sulfone groups is 1. The van der Waals surface area contributed by atoms with Gasteiger partial charge in [-0.05, 0) is 36.4 Å². The molecule has 0 fully saturated rings. The van der Waals surface area contributed by atoms with E-state index in [1.807, 2.05) is 0 Å². The van der Waals surface area contributed by atoms with Crippen molar-refractivity contribution in [2.45, 2.75) is 11.5 Å². The highest BCUT2D eigenvalue weighted by molar-refractivity contribution is 7.95. The summed E-state index contributed by atoms with van der Waals surface area (Å²) in [6, 6.07) is 12.4. The Morgan fingerprint density at radius 1 is 1.17 bits per heavy atom. The molecule has 0 heterocycles. The highest BCUT2D eigenvalue weighted by atomic mass is 35.5. The topological polar surface area (TPSA) is 67.2 Å². The van der Waals surface area contributed by atoms with E-state index < -0.39 is 21.4 Å². The summed E-state index contributed by atoms with van der Waals surface area (Å²) in [5.41, 5.74) is 0.0480. The van der Waals surface area contributed by atoms with Crippen LogP contribution in [0.3, 0.4) is 0 Å². The second kappa shape index (κ2) is 7.43. The molecule has 2 aromatic carbocycles. The predicted octanol–water partition coefficient (Wildman–Crippen LogP) is 4.28. The molecule has 0 saturated carbocycles. The first-order valence-corrected chi connectivity index (χ1v) is 8.37. The molecule has 0 bridgehead atoms. The summed E-state index contributed by atoms with van der Waals surface area (Å²) in [6.45, 7) is -3.07. The molecule has 2 rings (SSSR count). The quantitative estimate of drug-likeness (QED) is 0.738. The number of halogens is 3. The molecule has 0 aliphatic rings. The van der Waals surface area contributed by atoms with Gasteiger partial charge < -0.3 is 4.74 Å². The Labute approximate surface area is 142 Å². The lowest BCUT2D eigenvalue weighted by Gasteiger charge is -2.08. The lowest BCUT2D eigenvalue weighted by molar-refractivity contribution is -0.0499. The zero-order valence-corrected chi connectivity index (χ0v) is 13.6. The molecule has 124 valence electrons. The minimum Gasteiger partial charge on any atom is -0.434 e. The van der Waals surface area contributed by atoms with Gasteiger partial charge in [0, 0.05) is 10.6 Å². The van der Waals surface area contributed by atoms with Gasteiger partial charge in [-0.1, -0.05) is 29.8 Å². The second-order valence-electron chi connectivity index (χ2n) is 4.49. The molecule has 0 saturated heterocycles. The SMILES string of the molecule is N#CC(=Cc1ccccc1OC(F)F)S(=O)(=O)c1ccc(Cl)cc1. The van der Waals surface area contributed by atoms with Gasteiger partial charge in [0.05, 0.1) is 4.90 Å². The van der Waals surface area contributed by atoms with Crippen LogP contribution >= 0.6 is 11.6 Å². The fourth-order valence-electron chi connectivity index (χ4n) is 1.85. The van der Waals surface area contributed by atoms with Crippen molar-refractivity contribution in [3.05, 3.63) is 64.0 Å². The van der Waals surface area contributed by atoms with Crippen molar-refractivity contribution in [1.29, 1.82) is 5.26 Å². The molecule has 0 radical (unpaired) electrons. The van der Waals surface area contributed by atoms with Crippen LogP contribution in [-0.4, -0.2) is 15.0 Å². The largest absolute Gasteiger partial charge is 0.434 e. The van der Waals surface area contributed by atoms with Gasteiger partial charge in [-0.3, -0.25) is 0 Å². The van der Waals surface area contributed by atoms with Crippen LogP contribution in [0.2, 0.25) is 5.02 Å². The minimum atomic E-state index is -4.11. The van der Waals surface area contributed by atoms with Crippen LogP contribution in [-0.2, 0) is 9.84 Å². The molecule has 4 nitrogen and oxygen atoms in total. The van der Waals surface area contributed by atoms with Crippen molar-refractivity contribution in [2.75, 3.05) is 0 Å². The zero-order valence-electron chi connectivity index (χ0n) is 12.0.